The average molecular weight is 423 g/mol. The number of carboxylic acids is 1. The molecule has 0 radical (unpaired) electrons. The van der Waals surface area contributed by atoms with E-state index in [4.69, 9.17) is 0 Å². The minimum absolute atomic E-state index is 0.0221. The van der Waals surface area contributed by atoms with Gasteiger partial charge in [0.15, 0.2) is 11.4 Å². The Morgan fingerprint density at radius 1 is 1.36 bits per heavy atom. The quantitative estimate of drug-likeness (QED) is 0.542. The third-order valence-electron chi connectivity index (χ3n) is 5.73. The molecule has 10 heteroatoms. The first-order valence-electron chi connectivity index (χ1n) is 9.34. The van der Waals surface area contributed by atoms with Gasteiger partial charge in [-0.3, -0.25) is 9.69 Å². The topological polar surface area (TPSA) is 104 Å². The lowest BCUT2D eigenvalue weighted by Crippen LogP contribution is -2.60. The number of carbonyl (C=O) groups is 3. The van der Waals surface area contributed by atoms with Crippen molar-refractivity contribution in [2.24, 2.45) is 11.8 Å². The number of thioether (sulfide) groups is 2. The van der Waals surface area contributed by atoms with E-state index in [1.54, 1.807) is 11.5 Å². The summed E-state index contributed by atoms with van der Waals surface area (Å²) in [5.41, 5.74) is 1.03. The molecule has 2 fully saturated rings. The molecule has 4 aliphatic rings. The molecule has 0 spiro atoms. The van der Waals surface area contributed by atoms with Crippen molar-refractivity contribution in [3.63, 3.8) is 0 Å². The number of fused-ring (bicyclic) bond motifs is 2. The number of aliphatic hydroxyl groups excluding tert-OH is 1. The van der Waals surface area contributed by atoms with E-state index >= 15 is 0 Å². The van der Waals surface area contributed by atoms with Crippen LogP contribution in [0.4, 0.5) is 0 Å². The maximum absolute atomic E-state index is 12.3. The van der Waals surface area contributed by atoms with Gasteiger partial charge < -0.3 is 10.2 Å². The Bertz CT molecular complexity index is 936. The van der Waals surface area contributed by atoms with E-state index < -0.39 is 18.0 Å². The van der Waals surface area contributed by atoms with Crippen molar-refractivity contribution in [3.05, 3.63) is 28.2 Å². The molecule has 3 aliphatic heterocycles. The molecule has 28 heavy (non-hydrogen) atoms. The van der Waals surface area contributed by atoms with E-state index in [1.165, 1.54) is 28.4 Å². The largest absolute Gasteiger partial charge is 0.477 e. The van der Waals surface area contributed by atoms with Crippen molar-refractivity contribution in [2.75, 3.05) is 0 Å². The average Bonchev–Trinajstić information content (AvgIpc) is 3.17. The summed E-state index contributed by atoms with van der Waals surface area (Å²) in [6.07, 6.45) is 5.64. The van der Waals surface area contributed by atoms with Crippen molar-refractivity contribution in [1.29, 1.82) is 0 Å². The second-order valence-electron chi connectivity index (χ2n) is 7.70. The minimum Gasteiger partial charge on any atom is -0.477 e. The molecule has 2 N–H and O–H groups in total. The number of carboxylic acid groups (broad SMARTS) is 1. The standard InChI is InChI=1S/C18H19N3O5S2/c1-8(22)12-15(24)21-13(17(25)26)18(28-16(12)21)27-11-4-5-19-7-20(6-10(11)19)14(23)9-2-3-9/h6-9,11-12,16,22H,2-5H2,1H3/p+1/t8?,11?,12-,16+/m0/s1. The van der Waals surface area contributed by atoms with Gasteiger partial charge in [0.1, 0.15) is 11.6 Å². The van der Waals surface area contributed by atoms with Crippen molar-refractivity contribution in [2.45, 2.75) is 49.5 Å². The number of rotatable bonds is 5. The van der Waals surface area contributed by atoms with E-state index in [0.29, 0.717) is 4.24 Å². The first-order valence-corrected chi connectivity index (χ1v) is 11.1. The number of hydrogen-bond donors (Lipinski definition) is 2. The van der Waals surface area contributed by atoms with Crippen molar-refractivity contribution >= 4 is 41.3 Å². The van der Waals surface area contributed by atoms with Crippen molar-refractivity contribution in [1.82, 2.24) is 9.47 Å². The van der Waals surface area contributed by atoms with Crippen LogP contribution in [-0.4, -0.2) is 48.9 Å². The molecular formula is C18H20N3O5S2+. The van der Waals surface area contributed by atoms with Crippen LogP contribution in [0.3, 0.4) is 0 Å². The van der Waals surface area contributed by atoms with Gasteiger partial charge >= 0.3 is 11.9 Å². The summed E-state index contributed by atoms with van der Waals surface area (Å²) in [5.74, 6) is -1.76. The van der Waals surface area contributed by atoms with Gasteiger partial charge in [0.05, 0.1) is 34.0 Å². The number of aliphatic carboxylic acids is 1. The highest BCUT2D eigenvalue weighted by atomic mass is 32.2. The van der Waals surface area contributed by atoms with E-state index in [0.717, 1.165) is 31.5 Å². The maximum atomic E-state index is 12.3. The third kappa shape index (κ3) is 2.65. The van der Waals surface area contributed by atoms with Gasteiger partial charge in [-0.2, -0.15) is 4.57 Å². The molecule has 4 atom stereocenters. The number of amides is 1. The Labute approximate surface area is 169 Å². The molecule has 0 aromatic carbocycles. The van der Waals surface area contributed by atoms with Crippen molar-refractivity contribution < 1.29 is 29.2 Å². The van der Waals surface area contributed by atoms with Gasteiger partial charge in [-0.15, -0.1) is 11.8 Å². The summed E-state index contributed by atoms with van der Waals surface area (Å²) in [6, 6.07) is 0. The zero-order chi connectivity index (χ0) is 19.7. The zero-order valence-corrected chi connectivity index (χ0v) is 16.8. The van der Waals surface area contributed by atoms with Crippen LogP contribution in [0.5, 0.6) is 0 Å². The van der Waals surface area contributed by atoms with E-state index in [-0.39, 0.29) is 34.1 Å². The van der Waals surface area contributed by atoms with Gasteiger partial charge in [0.2, 0.25) is 5.91 Å². The zero-order valence-electron chi connectivity index (χ0n) is 15.1. The monoisotopic (exact) mass is 422 g/mol. The van der Waals surface area contributed by atoms with Gasteiger partial charge in [-0.1, -0.05) is 11.8 Å². The molecule has 1 amide bonds. The summed E-state index contributed by atoms with van der Waals surface area (Å²) in [4.78, 5) is 37.8. The molecule has 2 unspecified atom stereocenters. The normalized spacial score (nSPS) is 29.6. The lowest BCUT2D eigenvalue weighted by molar-refractivity contribution is -0.689. The summed E-state index contributed by atoms with van der Waals surface area (Å²) in [5, 5.41) is 19.2. The molecule has 4 heterocycles. The Balaban J connectivity index is 1.39. The highest BCUT2D eigenvalue weighted by Gasteiger charge is 2.58. The Kier molecular flexibility index (Phi) is 4.15. The van der Waals surface area contributed by atoms with E-state index in [2.05, 4.69) is 4.57 Å². The van der Waals surface area contributed by atoms with Crippen LogP contribution in [0.15, 0.2) is 22.5 Å². The lowest BCUT2D eigenvalue weighted by atomic mass is 9.92. The van der Waals surface area contributed by atoms with Gasteiger partial charge in [0, 0.05) is 6.42 Å². The SMILES string of the molecule is CC(O)[C@H]1C(=O)N2C(C(=O)O)=C(SC3CC[n+]4cn(C(=O)C5CC5)cc43)S[C@H]12. The minimum atomic E-state index is -1.12. The molecule has 5 rings (SSSR count). The third-order valence-corrected chi connectivity index (χ3v) is 8.63. The molecule has 148 valence electrons. The number of aromatic nitrogens is 2. The van der Waals surface area contributed by atoms with E-state index in [1.807, 2.05) is 12.5 Å². The van der Waals surface area contributed by atoms with E-state index in [9.17, 15) is 24.6 Å². The summed E-state index contributed by atoms with van der Waals surface area (Å²) < 4.78 is 4.32. The Morgan fingerprint density at radius 2 is 2.11 bits per heavy atom. The second-order valence-corrected chi connectivity index (χ2v) is 10.3. The Hall–Kier alpha value is -1.78. The van der Waals surface area contributed by atoms with Crippen LogP contribution in [-0.2, 0) is 16.1 Å². The molecule has 1 saturated heterocycles. The predicted octanol–water partition coefficient (Wildman–Crippen LogP) is 1.17. The maximum Gasteiger partial charge on any atom is 0.354 e. The van der Waals surface area contributed by atoms with Gasteiger partial charge in [0.25, 0.3) is 6.33 Å². The van der Waals surface area contributed by atoms with Gasteiger partial charge in [-0.05, 0) is 19.8 Å². The van der Waals surface area contributed by atoms with Crippen LogP contribution >= 0.6 is 23.5 Å². The molecule has 1 aromatic heterocycles. The number of β-lactam (4-membered cyclic amide) rings is 1. The molecule has 0 bridgehead atoms. The van der Waals surface area contributed by atoms with Crippen LogP contribution in [0.25, 0.3) is 0 Å². The molecule has 1 aromatic rings. The molecule has 1 aliphatic carbocycles. The molecular weight excluding hydrogens is 402 g/mol. The fourth-order valence-corrected chi connectivity index (χ4v) is 7.35. The smallest absolute Gasteiger partial charge is 0.354 e. The van der Waals surface area contributed by atoms with Crippen molar-refractivity contribution in [3.8, 4) is 0 Å². The van der Waals surface area contributed by atoms with Gasteiger partial charge in [-0.25, -0.2) is 14.2 Å². The predicted molar refractivity (Wildman–Crippen MR) is 101 cm³/mol. The number of aryl methyl sites for hydroxylation is 1. The number of imidazole rings is 1. The summed E-state index contributed by atoms with van der Waals surface area (Å²) in [6.45, 7) is 2.34. The fourth-order valence-electron chi connectivity index (χ4n) is 4.07. The Morgan fingerprint density at radius 3 is 2.75 bits per heavy atom. The molecule has 8 nitrogen and oxygen atoms in total. The number of aliphatic hydroxyl groups is 1. The van der Waals surface area contributed by atoms with Crippen LogP contribution in [0.2, 0.25) is 0 Å². The second kappa shape index (κ2) is 6.36. The number of nitrogens with zero attached hydrogens (tertiary/aromatic N) is 3. The number of carbonyl (C=O) groups excluding carboxylic acids is 2. The molecule has 1 saturated carbocycles. The highest BCUT2D eigenvalue weighted by molar-refractivity contribution is 8.22. The first kappa shape index (κ1) is 18.3. The summed E-state index contributed by atoms with van der Waals surface area (Å²) in [7, 11) is 0. The van der Waals surface area contributed by atoms with Crippen LogP contribution in [0, 0.1) is 11.8 Å². The lowest BCUT2D eigenvalue weighted by Gasteiger charge is -2.43. The first-order chi connectivity index (χ1) is 13.4. The summed E-state index contributed by atoms with van der Waals surface area (Å²) >= 11 is 2.80. The van der Waals surface area contributed by atoms with Crippen LogP contribution in [0.1, 0.15) is 41.9 Å². The van der Waals surface area contributed by atoms with Crippen LogP contribution < -0.4 is 4.57 Å². The fraction of sp³-hybridized carbons (Fsp3) is 0.556. The number of hydrogen-bond acceptors (Lipinski definition) is 6. The highest BCUT2D eigenvalue weighted by Crippen LogP contribution is 2.57.